The summed E-state index contributed by atoms with van der Waals surface area (Å²) < 4.78 is 27.4. The molecule has 21 heavy (non-hydrogen) atoms. The standard InChI is InChI=1S/C14H16F2N2O3/c1-8(13(19)18-6-2-3-7-18)17-10-5-4-9(14(20)21)11(15)12(10)16/h4-5,8,17H,2-3,6-7H2,1H3,(H,20,21). The van der Waals surface area contributed by atoms with Gasteiger partial charge in [0.2, 0.25) is 5.91 Å². The summed E-state index contributed by atoms with van der Waals surface area (Å²) in [6.45, 7) is 2.89. The van der Waals surface area contributed by atoms with E-state index in [0.29, 0.717) is 13.1 Å². The van der Waals surface area contributed by atoms with Gasteiger partial charge in [-0.3, -0.25) is 4.79 Å². The molecule has 7 heteroatoms. The summed E-state index contributed by atoms with van der Waals surface area (Å²) in [5.74, 6) is -4.46. The Morgan fingerprint density at radius 1 is 1.24 bits per heavy atom. The van der Waals surface area contributed by atoms with Crippen LogP contribution in [-0.2, 0) is 4.79 Å². The predicted molar refractivity (Wildman–Crippen MR) is 72.2 cm³/mol. The van der Waals surface area contributed by atoms with E-state index in [1.807, 2.05) is 0 Å². The molecule has 1 aliphatic rings. The third kappa shape index (κ3) is 3.12. The Morgan fingerprint density at radius 3 is 2.43 bits per heavy atom. The average Bonchev–Trinajstić information content (AvgIpc) is 2.96. The summed E-state index contributed by atoms with van der Waals surface area (Å²) in [4.78, 5) is 24.4. The van der Waals surface area contributed by atoms with Crippen LogP contribution in [0.3, 0.4) is 0 Å². The van der Waals surface area contributed by atoms with Crippen molar-refractivity contribution in [3.05, 3.63) is 29.3 Å². The lowest BCUT2D eigenvalue weighted by Crippen LogP contribution is -2.39. The largest absolute Gasteiger partial charge is 0.478 e. The summed E-state index contributed by atoms with van der Waals surface area (Å²) >= 11 is 0. The molecular formula is C14H16F2N2O3. The molecule has 1 aliphatic heterocycles. The van der Waals surface area contributed by atoms with Gasteiger partial charge in [0.05, 0.1) is 11.3 Å². The van der Waals surface area contributed by atoms with Crippen molar-refractivity contribution in [3.8, 4) is 0 Å². The molecule has 5 nitrogen and oxygen atoms in total. The van der Waals surface area contributed by atoms with Crippen LogP contribution in [0.5, 0.6) is 0 Å². The van der Waals surface area contributed by atoms with Gasteiger partial charge in [0.1, 0.15) is 6.04 Å². The second-order valence-corrected chi connectivity index (χ2v) is 4.99. The van der Waals surface area contributed by atoms with Crippen molar-refractivity contribution in [2.24, 2.45) is 0 Å². The maximum Gasteiger partial charge on any atom is 0.338 e. The molecule has 2 N–H and O–H groups in total. The van der Waals surface area contributed by atoms with Crippen molar-refractivity contribution >= 4 is 17.6 Å². The van der Waals surface area contributed by atoms with E-state index in [9.17, 15) is 18.4 Å². The fourth-order valence-corrected chi connectivity index (χ4v) is 2.33. The summed E-state index contributed by atoms with van der Waals surface area (Å²) in [6.07, 6.45) is 1.88. The number of rotatable bonds is 4. The first-order valence-corrected chi connectivity index (χ1v) is 6.68. The molecule has 1 unspecified atom stereocenters. The zero-order valence-corrected chi connectivity index (χ0v) is 11.5. The predicted octanol–water partition coefficient (Wildman–Crippen LogP) is 2.09. The van der Waals surface area contributed by atoms with Crippen LogP contribution in [-0.4, -0.2) is 41.0 Å². The second-order valence-electron chi connectivity index (χ2n) is 4.99. The van der Waals surface area contributed by atoms with Gasteiger partial charge in [-0.2, -0.15) is 0 Å². The van der Waals surface area contributed by atoms with Crippen molar-refractivity contribution in [1.29, 1.82) is 0 Å². The SMILES string of the molecule is CC(Nc1ccc(C(=O)O)c(F)c1F)C(=O)N1CCCC1. The highest BCUT2D eigenvalue weighted by Crippen LogP contribution is 2.22. The quantitative estimate of drug-likeness (QED) is 0.893. The average molecular weight is 298 g/mol. The van der Waals surface area contributed by atoms with Crippen LogP contribution >= 0.6 is 0 Å². The van der Waals surface area contributed by atoms with Crippen molar-refractivity contribution < 1.29 is 23.5 Å². The maximum atomic E-state index is 13.8. The minimum absolute atomic E-state index is 0.186. The van der Waals surface area contributed by atoms with Crippen molar-refractivity contribution in [2.75, 3.05) is 18.4 Å². The summed E-state index contributed by atoms with van der Waals surface area (Å²) in [6, 6.07) is 1.37. The second kappa shape index (κ2) is 6.07. The zero-order chi connectivity index (χ0) is 15.6. The molecule has 0 radical (unpaired) electrons. The molecule has 1 saturated heterocycles. The van der Waals surface area contributed by atoms with Crippen molar-refractivity contribution in [2.45, 2.75) is 25.8 Å². The number of carbonyl (C=O) groups excluding carboxylic acids is 1. The fourth-order valence-electron chi connectivity index (χ4n) is 2.33. The Morgan fingerprint density at radius 2 is 1.86 bits per heavy atom. The molecule has 1 heterocycles. The Bertz CT molecular complexity index is 572. The van der Waals surface area contributed by atoms with Gasteiger partial charge in [0, 0.05) is 13.1 Å². The highest BCUT2D eigenvalue weighted by molar-refractivity contribution is 5.89. The van der Waals surface area contributed by atoms with Gasteiger partial charge in [-0.25, -0.2) is 13.6 Å². The summed E-state index contributed by atoms with van der Waals surface area (Å²) in [5.41, 5.74) is -0.964. The number of carboxylic acids is 1. The van der Waals surface area contributed by atoms with Gasteiger partial charge in [-0.1, -0.05) is 0 Å². The first-order valence-electron chi connectivity index (χ1n) is 6.68. The molecule has 0 aromatic heterocycles. The van der Waals surface area contributed by atoms with E-state index in [1.165, 1.54) is 0 Å². The topological polar surface area (TPSA) is 69.6 Å². The van der Waals surface area contributed by atoms with Crippen LogP contribution in [0.25, 0.3) is 0 Å². The van der Waals surface area contributed by atoms with Gasteiger partial charge in [-0.05, 0) is 31.9 Å². The number of likely N-dealkylation sites (tertiary alicyclic amines) is 1. The summed E-state index contributed by atoms with van der Waals surface area (Å²) in [7, 11) is 0. The number of hydrogen-bond donors (Lipinski definition) is 2. The molecular weight excluding hydrogens is 282 g/mol. The number of benzene rings is 1. The van der Waals surface area contributed by atoms with Crippen LogP contribution in [0.2, 0.25) is 0 Å². The lowest BCUT2D eigenvalue weighted by Gasteiger charge is -2.22. The zero-order valence-electron chi connectivity index (χ0n) is 11.5. The first kappa shape index (κ1) is 15.2. The molecule has 1 aromatic carbocycles. The lowest BCUT2D eigenvalue weighted by molar-refractivity contribution is -0.130. The normalized spacial score (nSPS) is 15.9. The van der Waals surface area contributed by atoms with E-state index in [0.717, 1.165) is 25.0 Å². The minimum atomic E-state index is -1.54. The molecule has 1 amide bonds. The minimum Gasteiger partial charge on any atom is -0.478 e. The molecule has 0 spiro atoms. The molecule has 0 aliphatic carbocycles. The van der Waals surface area contributed by atoms with Gasteiger partial charge >= 0.3 is 5.97 Å². The molecule has 1 atom stereocenters. The Labute approximate surface area is 120 Å². The van der Waals surface area contributed by atoms with Crippen LogP contribution in [0.1, 0.15) is 30.1 Å². The van der Waals surface area contributed by atoms with Gasteiger partial charge in [0.15, 0.2) is 11.6 Å². The molecule has 2 rings (SSSR count). The number of anilines is 1. The lowest BCUT2D eigenvalue weighted by atomic mass is 10.1. The van der Waals surface area contributed by atoms with Crippen LogP contribution in [0.15, 0.2) is 12.1 Å². The highest BCUT2D eigenvalue weighted by Gasteiger charge is 2.25. The highest BCUT2D eigenvalue weighted by atomic mass is 19.2. The van der Waals surface area contributed by atoms with E-state index < -0.39 is 29.2 Å². The summed E-state index contributed by atoms with van der Waals surface area (Å²) in [5, 5.41) is 11.3. The number of nitrogens with zero attached hydrogens (tertiary/aromatic N) is 1. The van der Waals surface area contributed by atoms with Crippen molar-refractivity contribution in [3.63, 3.8) is 0 Å². The van der Waals surface area contributed by atoms with Crippen molar-refractivity contribution in [1.82, 2.24) is 4.90 Å². The van der Waals surface area contributed by atoms with E-state index in [4.69, 9.17) is 5.11 Å². The number of halogens is 2. The fraction of sp³-hybridized carbons (Fsp3) is 0.429. The first-order chi connectivity index (χ1) is 9.91. The molecule has 114 valence electrons. The third-order valence-corrected chi connectivity index (χ3v) is 3.47. The number of aromatic carboxylic acids is 1. The molecule has 0 bridgehead atoms. The number of nitrogens with one attached hydrogen (secondary N) is 1. The van der Waals surface area contributed by atoms with Crippen LogP contribution < -0.4 is 5.32 Å². The molecule has 1 fully saturated rings. The monoisotopic (exact) mass is 298 g/mol. The van der Waals surface area contributed by atoms with Crippen LogP contribution in [0, 0.1) is 11.6 Å². The smallest absolute Gasteiger partial charge is 0.338 e. The maximum absolute atomic E-state index is 13.8. The molecule has 1 aromatic rings. The van der Waals surface area contributed by atoms with E-state index in [1.54, 1.807) is 11.8 Å². The van der Waals surface area contributed by atoms with E-state index in [2.05, 4.69) is 5.32 Å². The number of amides is 1. The van der Waals surface area contributed by atoms with E-state index in [-0.39, 0.29) is 11.6 Å². The van der Waals surface area contributed by atoms with Crippen LogP contribution in [0.4, 0.5) is 14.5 Å². The molecule has 0 saturated carbocycles. The van der Waals surface area contributed by atoms with E-state index >= 15 is 0 Å². The number of carbonyl (C=O) groups is 2. The van der Waals surface area contributed by atoms with Gasteiger partial charge in [-0.15, -0.1) is 0 Å². The Kier molecular flexibility index (Phi) is 4.40. The Balaban J connectivity index is 2.14. The third-order valence-electron chi connectivity index (χ3n) is 3.47. The number of carboxylic acid groups (broad SMARTS) is 1. The van der Waals surface area contributed by atoms with Gasteiger partial charge < -0.3 is 15.3 Å². The Hall–Kier alpha value is -2.18. The van der Waals surface area contributed by atoms with Gasteiger partial charge in [0.25, 0.3) is 0 Å². The number of hydrogen-bond acceptors (Lipinski definition) is 3.